The fourth-order valence-corrected chi connectivity index (χ4v) is 1.14. The van der Waals surface area contributed by atoms with Gasteiger partial charge in [-0.2, -0.15) is 0 Å². The lowest BCUT2D eigenvalue weighted by atomic mass is 10.2. The van der Waals surface area contributed by atoms with E-state index in [4.69, 9.17) is 0 Å². The topological polar surface area (TPSA) is 111 Å². The molecule has 0 saturated heterocycles. The Balaban J connectivity index is 3.22. The molecule has 0 aliphatic heterocycles. The molecular formula is C9H10N4O4. The Morgan fingerprint density at radius 3 is 2.41 bits per heavy atom. The van der Waals surface area contributed by atoms with Crippen molar-refractivity contribution in [2.75, 3.05) is 12.4 Å². The minimum absolute atomic E-state index is 0.170. The zero-order valence-corrected chi connectivity index (χ0v) is 9.21. The van der Waals surface area contributed by atoms with Gasteiger partial charge in [-0.25, -0.2) is 0 Å². The number of anilines is 1. The van der Waals surface area contributed by atoms with Gasteiger partial charge in [0.2, 0.25) is 0 Å². The van der Waals surface area contributed by atoms with E-state index in [-0.39, 0.29) is 17.1 Å². The number of nitrogens with one attached hydrogen (secondary N) is 1. The summed E-state index contributed by atoms with van der Waals surface area (Å²) < 4.78 is 0. The first-order valence-corrected chi connectivity index (χ1v) is 4.59. The molecule has 0 atom stereocenters. The summed E-state index contributed by atoms with van der Waals surface area (Å²) in [5.74, 6) is 0.474. The Labute approximate surface area is 96.3 Å². The summed E-state index contributed by atoms with van der Waals surface area (Å²) in [5.41, 5.74) is -0.515. The number of hydrogen-bond donors (Lipinski definition) is 1. The predicted molar refractivity (Wildman–Crippen MR) is 62.4 cm³/mol. The summed E-state index contributed by atoms with van der Waals surface area (Å²) in [5, 5.41) is 24.0. The molecule has 8 heteroatoms. The highest BCUT2D eigenvalue weighted by Crippen LogP contribution is 2.28. The molecule has 0 aromatic heterocycles. The summed E-state index contributed by atoms with van der Waals surface area (Å²) in [6.07, 6.45) is 0. The van der Waals surface area contributed by atoms with Crippen molar-refractivity contribution in [3.05, 3.63) is 38.4 Å². The molecule has 0 spiro atoms. The first-order chi connectivity index (χ1) is 7.95. The minimum atomic E-state index is -0.683. The molecule has 8 nitrogen and oxygen atoms in total. The van der Waals surface area contributed by atoms with Crippen LogP contribution < -0.4 is 5.32 Å². The molecule has 0 aliphatic carbocycles. The van der Waals surface area contributed by atoms with Gasteiger partial charge in [0.15, 0.2) is 0 Å². The van der Waals surface area contributed by atoms with Gasteiger partial charge in [-0.1, -0.05) is 0 Å². The first-order valence-electron chi connectivity index (χ1n) is 4.59. The Kier molecular flexibility index (Phi) is 3.70. The summed E-state index contributed by atoms with van der Waals surface area (Å²) in [6.45, 7) is 1.63. The third-order valence-electron chi connectivity index (χ3n) is 2.04. The average Bonchev–Trinajstić information content (AvgIpc) is 2.28. The second-order valence-corrected chi connectivity index (χ2v) is 3.15. The quantitative estimate of drug-likeness (QED) is 0.374. The maximum absolute atomic E-state index is 10.8. The molecule has 0 amide bonds. The number of rotatable bonds is 3. The fourth-order valence-electron chi connectivity index (χ4n) is 1.14. The highest BCUT2D eigenvalue weighted by molar-refractivity contribution is 5.95. The molecule has 1 aromatic rings. The van der Waals surface area contributed by atoms with E-state index in [1.807, 2.05) is 0 Å². The molecule has 90 valence electrons. The van der Waals surface area contributed by atoms with Gasteiger partial charge in [-0.05, 0) is 13.0 Å². The number of non-ortho nitro benzene ring substituents is 1. The Bertz CT molecular complexity index is 498. The van der Waals surface area contributed by atoms with Crippen LogP contribution in [0.2, 0.25) is 0 Å². The normalized spacial score (nSPS) is 11.1. The monoisotopic (exact) mass is 238 g/mol. The molecule has 0 heterocycles. The molecule has 0 bridgehead atoms. The van der Waals surface area contributed by atoms with Crippen molar-refractivity contribution in [3.63, 3.8) is 0 Å². The van der Waals surface area contributed by atoms with Crippen molar-refractivity contribution in [1.29, 1.82) is 0 Å². The molecule has 1 N–H and O–H groups in total. The average molecular weight is 238 g/mol. The summed E-state index contributed by atoms with van der Waals surface area (Å²) in [7, 11) is 1.53. The second kappa shape index (κ2) is 5.01. The van der Waals surface area contributed by atoms with Crippen molar-refractivity contribution in [3.8, 4) is 0 Å². The lowest BCUT2D eigenvalue weighted by Gasteiger charge is -2.05. The predicted octanol–water partition coefficient (Wildman–Crippen LogP) is 1.96. The van der Waals surface area contributed by atoms with Crippen molar-refractivity contribution in [1.82, 2.24) is 0 Å². The number of hydrogen-bond acceptors (Lipinski definition) is 5. The molecule has 0 unspecified atom stereocenters. The minimum Gasteiger partial charge on any atom is -0.339 e. The van der Waals surface area contributed by atoms with Crippen LogP contribution in [-0.2, 0) is 0 Å². The van der Waals surface area contributed by atoms with Crippen LogP contribution in [0.1, 0.15) is 6.92 Å². The number of nitrogens with zero attached hydrogens (tertiary/aromatic N) is 3. The lowest BCUT2D eigenvalue weighted by molar-refractivity contribution is -0.393. The van der Waals surface area contributed by atoms with E-state index >= 15 is 0 Å². The summed E-state index contributed by atoms with van der Waals surface area (Å²) >= 11 is 0. The van der Waals surface area contributed by atoms with E-state index in [2.05, 4.69) is 10.3 Å². The molecule has 0 saturated carbocycles. The van der Waals surface area contributed by atoms with Crippen molar-refractivity contribution < 1.29 is 9.85 Å². The fraction of sp³-hybridized carbons (Fsp3) is 0.222. The maximum Gasteiger partial charge on any atom is 0.299 e. The molecule has 0 radical (unpaired) electrons. The van der Waals surface area contributed by atoms with Gasteiger partial charge in [0.1, 0.15) is 5.69 Å². The molecule has 0 fully saturated rings. The van der Waals surface area contributed by atoms with Gasteiger partial charge in [-0.3, -0.25) is 25.2 Å². The van der Waals surface area contributed by atoms with Crippen LogP contribution in [0.15, 0.2) is 23.2 Å². The van der Waals surface area contributed by atoms with E-state index in [0.29, 0.717) is 5.84 Å². The third kappa shape index (κ3) is 2.97. The van der Waals surface area contributed by atoms with Crippen LogP contribution in [0.25, 0.3) is 0 Å². The van der Waals surface area contributed by atoms with Crippen molar-refractivity contribution in [2.24, 2.45) is 4.99 Å². The Morgan fingerprint density at radius 2 is 1.94 bits per heavy atom. The summed E-state index contributed by atoms with van der Waals surface area (Å²) in [4.78, 5) is 23.7. The Morgan fingerprint density at radius 1 is 1.29 bits per heavy atom. The van der Waals surface area contributed by atoms with Crippen molar-refractivity contribution >= 4 is 22.9 Å². The Hall–Kier alpha value is -2.51. The first kappa shape index (κ1) is 12.6. The number of nitro benzene ring substituents is 2. The van der Waals surface area contributed by atoms with E-state index in [1.54, 1.807) is 6.92 Å². The molecular weight excluding hydrogens is 228 g/mol. The smallest absolute Gasteiger partial charge is 0.299 e. The van der Waals surface area contributed by atoms with Crippen LogP contribution in [-0.4, -0.2) is 22.7 Å². The van der Waals surface area contributed by atoms with E-state index in [1.165, 1.54) is 19.2 Å². The van der Waals surface area contributed by atoms with Gasteiger partial charge in [-0.15, -0.1) is 0 Å². The molecule has 0 aliphatic rings. The highest BCUT2D eigenvalue weighted by atomic mass is 16.6. The largest absolute Gasteiger partial charge is 0.339 e. The number of aliphatic imine (C=N–C) groups is 1. The van der Waals surface area contributed by atoms with Crippen molar-refractivity contribution in [2.45, 2.75) is 6.92 Å². The SMILES string of the molecule is CN=C(C)Nc1ccc([N+](=O)[O-])cc1[N+](=O)[O-]. The highest BCUT2D eigenvalue weighted by Gasteiger charge is 2.19. The lowest BCUT2D eigenvalue weighted by Crippen LogP contribution is -2.08. The van der Waals surface area contributed by atoms with E-state index in [0.717, 1.165) is 6.07 Å². The molecule has 1 aromatic carbocycles. The zero-order valence-electron chi connectivity index (χ0n) is 9.21. The van der Waals surface area contributed by atoms with Crippen LogP contribution in [0, 0.1) is 20.2 Å². The molecule has 1 rings (SSSR count). The van der Waals surface area contributed by atoms with Gasteiger partial charge in [0.05, 0.1) is 21.7 Å². The van der Waals surface area contributed by atoms with Gasteiger partial charge < -0.3 is 5.32 Å². The van der Waals surface area contributed by atoms with Crippen LogP contribution in [0.3, 0.4) is 0 Å². The molecule has 17 heavy (non-hydrogen) atoms. The summed E-state index contributed by atoms with van der Waals surface area (Å²) in [6, 6.07) is 3.38. The van der Waals surface area contributed by atoms with E-state index < -0.39 is 9.85 Å². The van der Waals surface area contributed by atoms with Crippen LogP contribution >= 0.6 is 0 Å². The maximum atomic E-state index is 10.8. The third-order valence-corrected chi connectivity index (χ3v) is 2.04. The van der Waals surface area contributed by atoms with Gasteiger partial charge >= 0.3 is 0 Å². The van der Waals surface area contributed by atoms with Gasteiger partial charge in [0.25, 0.3) is 11.4 Å². The second-order valence-electron chi connectivity index (χ2n) is 3.15. The van der Waals surface area contributed by atoms with Crippen LogP contribution in [0.5, 0.6) is 0 Å². The van der Waals surface area contributed by atoms with E-state index in [9.17, 15) is 20.2 Å². The van der Waals surface area contributed by atoms with Gasteiger partial charge in [0, 0.05) is 13.1 Å². The number of benzene rings is 1. The zero-order chi connectivity index (χ0) is 13.0. The number of nitro groups is 2. The van der Waals surface area contributed by atoms with Crippen LogP contribution in [0.4, 0.5) is 17.1 Å². The standard InChI is InChI=1S/C9H10N4O4/c1-6(10-2)11-8-4-3-7(12(14)15)5-9(8)13(16)17/h3-5H,1-2H3,(H,10,11). The number of amidine groups is 1.